The molecule has 0 aromatic carbocycles. The summed E-state index contributed by atoms with van der Waals surface area (Å²) in [7, 11) is 0. The van der Waals surface area contributed by atoms with Crippen LogP contribution in [0.1, 0.15) is 44.3 Å². The first kappa shape index (κ1) is 13.0. The van der Waals surface area contributed by atoms with Crippen molar-refractivity contribution in [3.05, 3.63) is 30.1 Å². The zero-order chi connectivity index (χ0) is 12.8. The van der Waals surface area contributed by atoms with Gasteiger partial charge in [-0.15, -0.1) is 0 Å². The van der Waals surface area contributed by atoms with Gasteiger partial charge in [0.05, 0.1) is 17.8 Å². The highest BCUT2D eigenvalue weighted by atomic mass is 16.2. The maximum absolute atomic E-state index is 12.1. The lowest BCUT2D eigenvalue weighted by molar-refractivity contribution is -0.123. The van der Waals surface area contributed by atoms with Gasteiger partial charge in [0.1, 0.15) is 0 Å². The normalized spacial score (nSPS) is 21.9. The lowest BCUT2D eigenvalue weighted by Crippen LogP contribution is -2.44. The van der Waals surface area contributed by atoms with Crippen molar-refractivity contribution in [3.63, 3.8) is 0 Å². The molecule has 1 amide bonds. The van der Waals surface area contributed by atoms with Gasteiger partial charge in [-0.25, -0.2) is 0 Å². The molecule has 0 saturated carbocycles. The molecule has 98 valence electrons. The van der Waals surface area contributed by atoms with Crippen molar-refractivity contribution in [2.75, 3.05) is 6.54 Å². The van der Waals surface area contributed by atoms with Crippen molar-refractivity contribution in [2.24, 2.45) is 0 Å². The molecule has 2 atom stereocenters. The van der Waals surface area contributed by atoms with E-state index in [0.717, 1.165) is 25.1 Å². The molecule has 18 heavy (non-hydrogen) atoms. The lowest BCUT2D eigenvalue weighted by atomic mass is 10.1. The zero-order valence-corrected chi connectivity index (χ0v) is 10.9. The van der Waals surface area contributed by atoms with Gasteiger partial charge >= 0.3 is 0 Å². The molecule has 0 spiro atoms. The number of rotatable bonds is 3. The zero-order valence-electron chi connectivity index (χ0n) is 10.9. The van der Waals surface area contributed by atoms with Gasteiger partial charge in [0, 0.05) is 6.20 Å². The Morgan fingerprint density at radius 2 is 2.33 bits per heavy atom. The highest BCUT2D eigenvalue weighted by Crippen LogP contribution is 2.12. The topological polar surface area (TPSA) is 54.0 Å². The number of nitrogens with one attached hydrogen (secondary N) is 2. The number of carbonyl (C=O) groups is 1. The van der Waals surface area contributed by atoms with Crippen LogP contribution >= 0.6 is 0 Å². The van der Waals surface area contributed by atoms with Crippen LogP contribution in [-0.4, -0.2) is 23.5 Å². The number of pyridine rings is 1. The molecule has 1 fully saturated rings. The maximum atomic E-state index is 12.1. The van der Waals surface area contributed by atoms with Crippen LogP contribution in [0.15, 0.2) is 24.4 Å². The summed E-state index contributed by atoms with van der Waals surface area (Å²) in [5.41, 5.74) is 0.902. The Labute approximate surface area is 108 Å². The van der Waals surface area contributed by atoms with E-state index in [0.29, 0.717) is 0 Å². The van der Waals surface area contributed by atoms with Crippen molar-refractivity contribution < 1.29 is 4.79 Å². The summed E-state index contributed by atoms with van der Waals surface area (Å²) in [6.45, 7) is 2.91. The Kier molecular flexibility index (Phi) is 4.70. The molecule has 1 aromatic heterocycles. The molecule has 2 N–H and O–H groups in total. The fourth-order valence-corrected chi connectivity index (χ4v) is 2.27. The lowest BCUT2D eigenvalue weighted by Gasteiger charge is -2.19. The monoisotopic (exact) mass is 247 g/mol. The Bertz CT molecular complexity index is 372. The predicted molar refractivity (Wildman–Crippen MR) is 71.1 cm³/mol. The number of hydrogen-bond donors (Lipinski definition) is 2. The van der Waals surface area contributed by atoms with E-state index < -0.39 is 0 Å². The third-order valence-corrected chi connectivity index (χ3v) is 3.37. The number of amides is 1. The van der Waals surface area contributed by atoms with E-state index in [1.165, 1.54) is 12.8 Å². The Morgan fingerprint density at radius 3 is 3.11 bits per heavy atom. The van der Waals surface area contributed by atoms with Crippen molar-refractivity contribution >= 4 is 5.91 Å². The molecule has 2 rings (SSSR count). The van der Waals surface area contributed by atoms with Crippen LogP contribution in [0.4, 0.5) is 0 Å². The molecule has 2 heterocycles. The van der Waals surface area contributed by atoms with Gasteiger partial charge in [-0.1, -0.05) is 18.9 Å². The summed E-state index contributed by atoms with van der Waals surface area (Å²) in [5.74, 6) is 0.0926. The highest BCUT2D eigenvalue weighted by molar-refractivity contribution is 5.82. The van der Waals surface area contributed by atoms with Gasteiger partial charge in [0.15, 0.2) is 0 Å². The average molecular weight is 247 g/mol. The molecule has 1 saturated heterocycles. The minimum Gasteiger partial charge on any atom is -0.347 e. The fourth-order valence-electron chi connectivity index (χ4n) is 2.27. The molecular weight excluding hydrogens is 226 g/mol. The van der Waals surface area contributed by atoms with Crippen LogP contribution in [-0.2, 0) is 4.79 Å². The second-order valence-electron chi connectivity index (χ2n) is 4.84. The van der Waals surface area contributed by atoms with Gasteiger partial charge in [0.2, 0.25) is 5.91 Å². The van der Waals surface area contributed by atoms with E-state index in [4.69, 9.17) is 0 Å². The van der Waals surface area contributed by atoms with E-state index in [1.807, 2.05) is 25.1 Å². The van der Waals surface area contributed by atoms with Crippen LogP contribution in [0.25, 0.3) is 0 Å². The molecule has 4 nitrogen and oxygen atoms in total. The summed E-state index contributed by atoms with van der Waals surface area (Å²) < 4.78 is 0. The van der Waals surface area contributed by atoms with E-state index >= 15 is 0 Å². The third-order valence-electron chi connectivity index (χ3n) is 3.37. The molecule has 1 aliphatic rings. The molecular formula is C14H21N3O. The molecule has 1 aliphatic heterocycles. The van der Waals surface area contributed by atoms with Crippen LogP contribution in [0.2, 0.25) is 0 Å². The smallest absolute Gasteiger partial charge is 0.237 e. The van der Waals surface area contributed by atoms with Gasteiger partial charge in [-0.3, -0.25) is 9.78 Å². The van der Waals surface area contributed by atoms with E-state index in [2.05, 4.69) is 15.6 Å². The van der Waals surface area contributed by atoms with Crippen molar-refractivity contribution in [3.8, 4) is 0 Å². The van der Waals surface area contributed by atoms with Crippen LogP contribution in [0.3, 0.4) is 0 Å². The second kappa shape index (κ2) is 6.50. The molecule has 0 aliphatic carbocycles. The summed E-state index contributed by atoms with van der Waals surface area (Å²) >= 11 is 0. The summed E-state index contributed by atoms with van der Waals surface area (Å²) in [6, 6.07) is 5.67. The molecule has 1 aromatic rings. The minimum absolute atomic E-state index is 0.0382. The Balaban J connectivity index is 1.90. The van der Waals surface area contributed by atoms with Gasteiger partial charge < -0.3 is 10.6 Å². The van der Waals surface area contributed by atoms with Crippen LogP contribution in [0, 0.1) is 0 Å². The summed E-state index contributed by atoms with van der Waals surface area (Å²) in [6.07, 6.45) is 6.19. The Hall–Kier alpha value is -1.42. The van der Waals surface area contributed by atoms with Crippen LogP contribution < -0.4 is 10.6 Å². The standard InChI is InChI=1S/C14H21N3O/c1-11(12-7-4-6-10-15-12)17-14(18)13-8-3-2-5-9-16-13/h4,6-7,10-11,13,16H,2-3,5,8-9H2,1H3,(H,17,18)/t11-,13?/m0/s1. The van der Waals surface area contributed by atoms with Gasteiger partial charge in [0.25, 0.3) is 0 Å². The molecule has 4 heteroatoms. The first-order valence-corrected chi connectivity index (χ1v) is 6.72. The fraction of sp³-hybridized carbons (Fsp3) is 0.571. The van der Waals surface area contributed by atoms with Gasteiger partial charge in [-0.05, 0) is 38.4 Å². The number of aromatic nitrogens is 1. The number of hydrogen-bond acceptors (Lipinski definition) is 3. The summed E-state index contributed by atoms with van der Waals surface area (Å²) in [4.78, 5) is 16.4. The maximum Gasteiger partial charge on any atom is 0.237 e. The third kappa shape index (κ3) is 3.53. The Morgan fingerprint density at radius 1 is 1.44 bits per heavy atom. The number of nitrogens with zero attached hydrogens (tertiary/aromatic N) is 1. The average Bonchev–Trinajstić information content (AvgIpc) is 2.68. The number of carbonyl (C=O) groups excluding carboxylic acids is 1. The SMILES string of the molecule is C[C@H](NC(=O)C1CCCCCN1)c1ccccn1. The quantitative estimate of drug-likeness (QED) is 0.856. The van der Waals surface area contributed by atoms with Gasteiger partial charge in [-0.2, -0.15) is 0 Å². The first-order valence-electron chi connectivity index (χ1n) is 6.72. The van der Waals surface area contributed by atoms with E-state index in [-0.39, 0.29) is 18.0 Å². The second-order valence-corrected chi connectivity index (χ2v) is 4.84. The van der Waals surface area contributed by atoms with Crippen molar-refractivity contribution in [1.82, 2.24) is 15.6 Å². The summed E-state index contributed by atoms with van der Waals surface area (Å²) in [5, 5.41) is 6.34. The van der Waals surface area contributed by atoms with E-state index in [9.17, 15) is 4.79 Å². The largest absolute Gasteiger partial charge is 0.347 e. The highest BCUT2D eigenvalue weighted by Gasteiger charge is 2.21. The molecule has 1 unspecified atom stereocenters. The predicted octanol–water partition coefficient (Wildman–Crippen LogP) is 1.79. The van der Waals surface area contributed by atoms with Crippen molar-refractivity contribution in [2.45, 2.75) is 44.7 Å². The first-order chi connectivity index (χ1) is 8.77. The van der Waals surface area contributed by atoms with Crippen LogP contribution in [0.5, 0.6) is 0 Å². The van der Waals surface area contributed by atoms with Crippen molar-refractivity contribution in [1.29, 1.82) is 0 Å². The minimum atomic E-state index is -0.0429. The van der Waals surface area contributed by atoms with E-state index in [1.54, 1.807) is 6.20 Å². The molecule has 0 radical (unpaired) electrons. The molecule has 0 bridgehead atoms.